The second-order valence-corrected chi connectivity index (χ2v) is 3.10. The van der Waals surface area contributed by atoms with Gasteiger partial charge in [-0.05, 0) is 25.0 Å². The van der Waals surface area contributed by atoms with Crippen molar-refractivity contribution in [2.24, 2.45) is 0 Å². The molecule has 0 fully saturated rings. The predicted octanol–water partition coefficient (Wildman–Crippen LogP) is 2.39. The van der Waals surface area contributed by atoms with Gasteiger partial charge in [-0.1, -0.05) is 19.1 Å². The highest BCUT2D eigenvalue weighted by molar-refractivity contribution is 5.58. The predicted molar refractivity (Wildman–Crippen MR) is 56.8 cm³/mol. The van der Waals surface area contributed by atoms with E-state index in [9.17, 15) is 4.79 Å². The van der Waals surface area contributed by atoms with E-state index in [1.807, 2.05) is 25.1 Å². The standard InChI is InChI=1S/C12H16O2/c1-3-10-5-6-11(7-8-13)12(9-10)14-4-2/h5-6,8-9H,3-4,7H2,1-2H3. The van der Waals surface area contributed by atoms with Gasteiger partial charge in [0.1, 0.15) is 12.0 Å². The van der Waals surface area contributed by atoms with Crippen molar-refractivity contribution in [3.63, 3.8) is 0 Å². The third-order valence-corrected chi connectivity index (χ3v) is 2.14. The molecule has 0 bridgehead atoms. The number of hydrogen-bond acceptors (Lipinski definition) is 2. The third kappa shape index (κ3) is 2.59. The number of carbonyl (C=O) groups excluding carboxylic acids is 1. The van der Waals surface area contributed by atoms with Crippen LogP contribution >= 0.6 is 0 Å². The van der Waals surface area contributed by atoms with Gasteiger partial charge in [0, 0.05) is 12.0 Å². The Kier molecular flexibility index (Phi) is 4.17. The van der Waals surface area contributed by atoms with E-state index in [-0.39, 0.29) is 0 Å². The van der Waals surface area contributed by atoms with Crippen molar-refractivity contribution in [2.75, 3.05) is 6.61 Å². The fraction of sp³-hybridized carbons (Fsp3) is 0.417. The van der Waals surface area contributed by atoms with E-state index in [2.05, 4.69) is 6.92 Å². The maximum Gasteiger partial charge on any atom is 0.124 e. The van der Waals surface area contributed by atoms with Gasteiger partial charge in [0.2, 0.25) is 0 Å². The van der Waals surface area contributed by atoms with Crippen LogP contribution in [0.5, 0.6) is 5.75 Å². The van der Waals surface area contributed by atoms with E-state index in [4.69, 9.17) is 4.74 Å². The minimum atomic E-state index is 0.430. The molecular formula is C12H16O2. The van der Waals surface area contributed by atoms with E-state index in [0.29, 0.717) is 13.0 Å². The first-order chi connectivity index (χ1) is 6.81. The van der Waals surface area contributed by atoms with E-state index in [1.165, 1.54) is 5.56 Å². The molecule has 0 heterocycles. The number of hydrogen-bond donors (Lipinski definition) is 0. The monoisotopic (exact) mass is 192 g/mol. The van der Waals surface area contributed by atoms with Crippen LogP contribution in [0.2, 0.25) is 0 Å². The number of ether oxygens (including phenoxy) is 1. The Morgan fingerprint density at radius 2 is 2.14 bits per heavy atom. The van der Waals surface area contributed by atoms with E-state index >= 15 is 0 Å². The van der Waals surface area contributed by atoms with Crippen molar-refractivity contribution in [1.29, 1.82) is 0 Å². The summed E-state index contributed by atoms with van der Waals surface area (Å²) in [5.41, 5.74) is 2.21. The fourth-order valence-corrected chi connectivity index (χ4v) is 1.37. The van der Waals surface area contributed by atoms with E-state index in [1.54, 1.807) is 0 Å². The van der Waals surface area contributed by atoms with Crippen LogP contribution in [0, 0.1) is 0 Å². The van der Waals surface area contributed by atoms with Gasteiger partial charge in [0.25, 0.3) is 0 Å². The molecule has 0 saturated heterocycles. The van der Waals surface area contributed by atoms with Crippen molar-refractivity contribution in [1.82, 2.24) is 0 Å². The van der Waals surface area contributed by atoms with Crippen LogP contribution in [0.25, 0.3) is 0 Å². The Balaban J connectivity index is 2.96. The minimum absolute atomic E-state index is 0.430. The maximum absolute atomic E-state index is 10.4. The highest BCUT2D eigenvalue weighted by atomic mass is 16.5. The lowest BCUT2D eigenvalue weighted by Gasteiger charge is -2.09. The highest BCUT2D eigenvalue weighted by Gasteiger charge is 2.03. The Labute approximate surface area is 84.9 Å². The highest BCUT2D eigenvalue weighted by Crippen LogP contribution is 2.21. The van der Waals surface area contributed by atoms with E-state index in [0.717, 1.165) is 24.0 Å². The lowest BCUT2D eigenvalue weighted by molar-refractivity contribution is -0.107. The quantitative estimate of drug-likeness (QED) is 0.669. The molecule has 0 spiro atoms. The van der Waals surface area contributed by atoms with Crippen LogP contribution < -0.4 is 4.74 Å². The summed E-state index contributed by atoms with van der Waals surface area (Å²) in [4.78, 5) is 10.4. The molecule has 2 heteroatoms. The zero-order chi connectivity index (χ0) is 10.4. The van der Waals surface area contributed by atoms with Crippen molar-refractivity contribution in [3.05, 3.63) is 29.3 Å². The number of benzene rings is 1. The van der Waals surface area contributed by atoms with Crippen LogP contribution in [0.15, 0.2) is 18.2 Å². The fourth-order valence-electron chi connectivity index (χ4n) is 1.37. The molecular weight excluding hydrogens is 176 g/mol. The molecule has 0 aromatic heterocycles. The maximum atomic E-state index is 10.4. The van der Waals surface area contributed by atoms with Gasteiger partial charge in [-0.2, -0.15) is 0 Å². The van der Waals surface area contributed by atoms with Gasteiger partial charge in [-0.3, -0.25) is 0 Å². The molecule has 0 aliphatic rings. The number of aldehydes is 1. The van der Waals surface area contributed by atoms with E-state index < -0.39 is 0 Å². The van der Waals surface area contributed by atoms with Gasteiger partial charge in [0.05, 0.1) is 6.61 Å². The van der Waals surface area contributed by atoms with Crippen molar-refractivity contribution < 1.29 is 9.53 Å². The molecule has 1 aromatic rings. The van der Waals surface area contributed by atoms with Gasteiger partial charge >= 0.3 is 0 Å². The largest absolute Gasteiger partial charge is 0.494 e. The van der Waals surface area contributed by atoms with Gasteiger partial charge in [-0.15, -0.1) is 0 Å². The van der Waals surface area contributed by atoms with Crippen LogP contribution in [-0.4, -0.2) is 12.9 Å². The van der Waals surface area contributed by atoms with Crippen LogP contribution in [0.4, 0.5) is 0 Å². The van der Waals surface area contributed by atoms with Crippen LogP contribution in [0.1, 0.15) is 25.0 Å². The summed E-state index contributed by atoms with van der Waals surface area (Å²) in [6.45, 7) is 4.69. The Hall–Kier alpha value is -1.31. The first kappa shape index (κ1) is 10.8. The molecule has 0 N–H and O–H groups in total. The molecule has 76 valence electrons. The van der Waals surface area contributed by atoms with Crippen molar-refractivity contribution in [3.8, 4) is 5.75 Å². The molecule has 0 saturated carbocycles. The van der Waals surface area contributed by atoms with Gasteiger partial charge < -0.3 is 9.53 Å². The Morgan fingerprint density at radius 1 is 1.36 bits per heavy atom. The Bertz CT molecular complexity index is 305. The lowest BCUT2D eigenvalue weighted by Crippen LogP contribution is -1.98. The molecule has 0 aliphatic carbocycles. The number of aryl methyl sites for hydroxylation is 1. The Morgan fingerprint density at radius 3 is 2.71 bits per heavy atom. The summed E-state index contributed by atoms with van der Waals surface area (Å²) >= 11 is 0. The lowest BCUT2D eigenvalue weighted by atomic mass is 10.1. The van der Waals surface area contributed by atoms with Crippen LogP contribution in [0.3, 0.4) is 0 Å². The summed E-state index contributed by atoms with van der Waals surface area (Å²) in [5.74, 6) is 0.846. The number of carbonyl (C=O) groups is 1. The van der Waals surface area contributed by atoms with Gasteiger partial charge in [-0.25, -0.2) is 0 Å². The molecule has 0 amide bonds. The smallest absolute Gasteiger partial charge is 0.124 e. The molecule has 0 radical (unpaired) electrons. The number of rotatable bonds is 5. The molecule has 0 aliphatic heterocycles. The summed E-state index contributed by atoms with van der Waals surface area (Å²) in [5, 5.41) is 0. The first-order valence-electron chi connectivity index (χ1n) is 5.00. The average molecular weight is 192 g/mol. The van der Waals surface area contributed by atoms with Gasteiger partial charge in [0.15, 0.2) is 0 Å². The SMILES string of the molecule is CCOc1cc(CC)ccc1CC=O. The average Bonchev–Trinajstić information content (AvgIpc) is 2.21. The molecule has 14 heavy (non-hydrogen) atoms. The zero-order valence-electron chi connectivity index (χ0n) is 8.75. The molecule has 0 atom stereocenters. The normalized spacial score (nSPS) is 9.86. The third-order valence-electron chi connectivity index (χ3n) is 2.14. The molecule has 1 aromatic carbocycles. The summed E-state index contributed by atoms with van der Waals surface area (Å²) in [6.07, 6.45) is 2.32. The van der Waals surface area contributed by atoms with Crippen molar-refractivity contribution >= 4 is 6.29 Å². The molecule has 0 unspecified atom stereocenters. The zero-order valence-corrected chi connectivity index (χ0v) is 8.75. The second kappa shape index (κ2) is 5.43. The molecule has 1 rings (SSSR count). The van der Waals surface area contributed by atoms with Crippen molar-refractivity contribution in [2.45, 2.75) is 26.7 Å². The molecule has 2 nitrogen and oxygen atoms in total. The summed E-state index contributed by atoms with van der Waals surface area (Å²) in [7, 11) is 0. The van der Waals surface area contributed by atoms with Crippen LogP contribution in [-0.2, 0) is 17.6 Å². The summed E-state index contributed by atoms with van der Waals surface area (Å²) < 4.78 is 5.47. The topological polar surface area (TPSA) is 26.3 Å². The second-order valence-electron chi connectivity index (χ2n) is 3.10. The first-order valence-corrected chi connectivity index (χ1v) is 5.00. The summed E-state index contributed by atoms with van der Waals surface area (Å²) in [6, 6.07) is 6.03. The minimum Gasteiger partial charge on any atom is -0.494 e.